The Labute approximate surface area is 414 Å². The van der Waals surface area contributed by atoms with E-state index in [-0.39, 0.29) is 0 Å². The molecule has 0 amide bonds. The minimum atomic E-state index is -6.13. The van der Waals surface area contributed by atoms with E-state index in [1.807, 2.05) is 6.07 Å². The Hall–Kier alpha value is -6.41. The lowest BCUT2D eigenvalue weighted by Gasteiger charge is -2.46. The van der Waals surface area contributed by atoms with Gasteiger partial charge in [0.1, 0.15) is 6.15 Å². The van der Waals surface area contributed by atoms with Gasteiger partial charge < -0.3 is 0 Å². The van der Waals surface area contributed by atoms with Crippen LogP contribution >= 0.6 is 15.9 Å². The third kappa shape index (κ3) is 13.0. The van der Waals surface area contributed by atoms with Crippen molar-refractivity contribution in [2.45, 2.75) is 56.0 Å². The molecule has 6 aromatic carbocycles. The van der Waals surface area contributed by atoms with E-state index in [1.54, 1.807) is 0 Å². The van der Waals surface area contributed by atoms with Crippen LogP contribution in [0.3, 0.4) is 0 Å². The summed E-state index contributed by atoms with van der Waals surface area (Å²) in [6.45, 7) is 0.890. The van der Waals surface area contributed by atoms with Crippen LogP contribution in [0.15, 0.2) is 144 Å². The number of aromatic nitrogens is 1. The fourth-order valence-corrected chi connectivity index (χ4v) is 8.89. The molecule has 0 aliphatic carbocycles. The predicted molar refractivity (Wildman–Crippen MR) is 227 cm³/mol. The topological polar surface area (TPSA) is 3.88 Å². The molecule has 27 heteroatoms. The summed E-state index contributed by atoms with van der Waals surface area (Å²) in [5, 5.41) is 1.25. The zero-order valence-electron chi connectivity index (χ0n) is 36.5. The number of fused-ring (bicyclic) bond motifs is 1. The summed E-state index contributed by atoms with van der Waals surface area (Å²) in [6, 6.07) is 12.2. The van der Waals surface area contributed by atoms with Crippen molar-refractivity contribution in [1.82, 2.24) is 0 Å². The van der Waals surface area contributed by atoms with Crippen molar-refractivity contribution in [2.75, 3.05) is 0 Å². The monoisotopic (exact) mass is 1160 g/mol. The number of benzene rings is 6. The van der Waals surface area contributed by atoms with Gasteiger partial charge in [0, 0.05) is 17.0 Å². The summed E-state index contributed by atoms with van der Waals surface area (Å²) in [5.41, 5.74) is -27.7. The Kier molecular flexibility index (Phi) is 15.4. The van der Waals surface area contributed by atoms with Gasteiger partial charge in [0.25, 0.3) is 0 Å². The molecule has 0 bridgehead atoms. The molecule has 1 aromatic heterocycles. The molecule has 0 aliphatic heterocycles. The number of pyridine rings is 1. The normalized spacial score (nSPS) is 13.5. The maximum atomic E-state index is 14.2. The standard InChI is InChI=1S/C32H12BF24.C16H13BrN/c34-25(35,36)13-1-14(26(37,38)39)6-21(5-13)33(22-7-15(27(40,41)42)2-16(8-22)28(43,44)45,23-9-17(29(46,47)48)3-18(10-23)30(49,50)51)24-11-19(31(52,53)54)4-20(12-24)32(55,56)57;17-15-10-4-8-14-9-5-11-18(16(14)15)12-13-6-2-1-3-7-13/h1-12H;1-11H,12H2/q-1;+1. The summed E-state index contributed by atoms with van der Waals surface area (Å²) in [6.07, 6.45) is -52.7. The molecule has 0 N–H and O–H groups in total. The first-order chi connectivity index (χ1) is 34.1. The Morgan fingerprint density at radius 3 is 0.853 bits per heavy atom. The molecule has 7 rings (SSSR count). The minimum Gasteiger partial charge on any atom is -0.194 e. The average molecular weight is 1160 g/mol. The van der Waals surface area contributed by atoms with E-state index >= 15 is 0 Å². The van der Waals surface area contributed by atoms with Gasteiger partial charge in [-0.1, -0.05) is 84.9 Å². The molecule has 1 heterocycles. The Bertz CT molecular complexity index is 2750. The number of hydrogen-bond donors (Lipinski definition) is 0. The van der Waals surface area contributed by atoms with E-state index in [0.717, 1.165) is 11.0 Å². The molecule has 0 atom stereocenters. The predicted octanol–water partition coefficient (Wildman–Crippen LogP) is 15.2. The smallest absolute Gasteiger partial charge is 0.194 e. The van der Waals surface area contributed by atoms with Crippen molar-refractivity contribution in [2.24, 2.45) is 0 Å². The Morgan fingerprint density at radius 2 is 0.587 bits per heavy atom. The molecule has 0 spiro atoms. The van der Waals surface area contributed by atoms with E-state index in [1.165, 1.54) is 16.5 Å². The first-order valence-corrected chi connectivity index (χ1v) is 21.4. The first-order valence-electron chi connectivity index (χ1n) is 20.6. The summed E-state index contributed by atoms with van der Waals surface area (Å²) in [7, 11) is 0. The van der Waals surface area contributed by atoms with Gasteiger partial charge in [0.05, 0.1) is 49.0 Å². The van der Waals surface area contributed by atoms with Crippen LogP contribution in [0.2, 0.25) is 0 Å². The summed E-state index contributed by atoms with van der Waals surface area (Å²) >= 11 is 3.64. The summed E-state index contributed by atoms with van der Waals surface area (Å²) < 4.78 is 344. The third-order valence-corrected chi connectivity index (χ3v) is 12.1. The molecule has 0 saturated heterocycles. The van der Waals surface area contributed by atoms with Crippen LogP contribution in [0.5, 0.6) is 0 Å². The Balaban J connectivity index is 0.000000421. The van der Waals surface area contributed by atoms with E-state index in [9.17, 15) is 105 Å². The van der Waals surface area contributed by atoms with Crippen LogP contribution < -0.4 is 26.4 Å². The van der Waals surface area contributed by atoms with E-state index in [0.29, 0.717) is 0 Å². The second-order valence-corrected chi connectivity index (χ2v) is 17.4. The van der Waals surface area contributed by atoms with E-state index in [2.05, 4.69) is 81.3 Å². The largest absolute Gasteiger partial charge is 0.416 e. The molecule has 400 valence electrons. The van der Waals surface area contributed by atoms with Crippen LogP contribution in [-0.4, -0.2) is 6.15 Å². The zero-order chi connectivity index (χ0) is 56.3. The van der Waals surface area contributed by atoms with Gasteiger partial charge in [0.2, 0.25) is 5.52 Å². The zero-order valence-corrected chi connectivity index (χ0v) is 38.0. The molecule has 0 unspecified atom stereocenters. The highest BCUT2D eigenvalue weighted by atomic mass is 79.9. The number of para-hydroxylation sites is 1. The lowest BCUT2D eigenvalue weighted by molar-refractivity contribution is -0.662. The highest BCUT2D eigenvalue weighted by Crippen LogP contribution is 2.41. The van der Waals surface area contributed by atoms with Crippen molar-refractivity contribution in [3.05, 3.63) is 194 Å². The highest BCUT2D eigenvalue weighted by molar-refractivity contribution is 9.10. The molecular weight excluding hydrogens is 1140 g/mol. The van der Waals surface area contributed by atoms with Crippen LogP contribution in [0.4, 0.5) is 105 Å². The fourth-order valence-electron chi connectivity index (χ4n) is 8.28. The second-order valence-electron chi connectivity index (χ2n) is 16.5. The van der Waals surface area contributed by atoms with Crippen LogP contribution in [0.25, 0.3) is 10.9 Å². The number of rotatable bonds is 6. The van der Waals surface area contributed by atoms with Gasteiger partial charge in [-0.05, 0) is 58.4 Å². The van der Waals surface area contributed by atoms with Crippen molar-refractivity contribution in [3.8, 4) is 0 Å². The molecule has 1 nitrogen and oxygen atoms in total. The average Bonchev–Trinajstić information content (AvgIpc) is 3.27. The van der Waals surface area contributed by atoms with Gasteiger partial charge in [-0.25, -0.2) is 0 Å². The molecule has 0 aliphatic rings. The molecule has 75 heavy (non-hydrogen) atoms. The van der Waals surface area contributed by atoms with E-state index in [4.69, 9.17) is 0 Å². The molecule has 0 fully saturated rings. The lowest BCUT2D eigenvalue weighted by Crippen LogP contribution is -2.75. The highest BCUT2D eigenvalue weighted by Gasteiger charge is 2.47. The fraction of sp³-hybridized carbons (Fsp3) is 0.188. The van der Waals surface area contributed by atoms with E-state index < -0.39 is 195 Å². The van der Waals surface area contributed by atoms with Crippen molar-refractivity contribution < 1.29 is 110 Å². The van der Waals surface area contributed by atoms with Gasteiger partial charge in [0.15, 0.2) is 12.7 Å². The SMILES string of the molecule is Brc1cccc2ccc[n+](Cc3ccccc3)c12.FC(F)(F)c1cc([B-](c2cc(C(F)(F)F)cc(C(F)(F)F)c2)(c2cc(C(F)(F)F)cc(C(F)(F)F)c2)c2cc(C(F)(F)F)cc(C(F)(F)F)c2)cc(C(F)(F)F)c1. The van der Waals surface area contributed by atoms with Gasteiger partial charge in [-0.15, -0.1) is 0 Å². The second kappa shape index (κ2) is 19.9. The number of nitrogens with zero attached hydrogens (tertiary/aromatic N) is 1. The Morgan fingerprint density at radius 1 is 0.320 bits per heavy atom. The summed E-state index contributed by atoms with van der Waals surface area (Å²) in [5.74, 6) is 0. The first kappa shape index (κ1) is 57.9. The van der Waals surface area contributed by atoms with Crippen molar-refractivity contribution in [1.29, 1.82) is 0 Å². The van der Waals surface area contributed by atoms with Crippen molar-refractivity contribution in [3.63, 3.8) is 0 Å². The van der Waals surface area contributed by atoms with Crippen LogP contribution in [0.1, 0.15) is 50.1 Å². The molecular formula is C48H25BBrF24N. The lowest BCUT2D eigenvalue weighted by atomic mass is 9.12. The maximum absolute atomic E-state index is 14.2. The molecule has 0 radical (unpaired) electrons. The maximum Gasteiger partial charge on any atom is 0.416 e. The minimum absolute atomic E-state index is 0.691. The van der Waals surface area contributed by atoms with Gasteiger partial charge in [-0.2, -0.15) is 132 Å². The van der Waals surface area contributed by atoms with Crippen LogP contribution in [-0.2, 0) is 56.0 Å². The number of hydrogen-bond acceptors (Lipinski definition) is 0. The van der Waals surface area contributed by atoms with Crippen molar-refractivity contribution >= 4 is 54.8 Å². The quantitative estimate of drug-likeness (QED) is 0.0888. The third-order valence-electron chi connectivity index (χ3n) is 11.5. The van der Waals surface area contributed by atoms with Gasteiger partial charge in [-0.3, -0.25) is 0 Å². The summed E-state index contributed by atoms with van der Waals surface area (Å²) in [4.78, 5) is 0. The molecule has 0 saturated carbocycles. The molecule has 7 aromatic rings. The van der Waals surface area contributed by atoms with Gasteiger partial charge >= 0.3 is 49.4 Å². The number of alkyl halides is 24. The van der Waals surface area contributed by atoms with Crippen LogP contribution in [0, 0.1) is 0 Å². The number of halogens is 25.